The molecule has 0 unspecified atom stereocenters. The Morgan fingerprint density at radius 1 is 0.667 bits per heavy atom. The molecular weight excluding hydrogens is 584 g/mol. The van der Waals surface area contributed by atoms with E-state index in [2.05, 4.69) is 139 Å². The van der Waals surface area contributed by atoms with Crippen molar-refractivity contribution in [2.75, 3.05) is 0 Å². The molecule has 0 radical (unpaired) electrons. The van der Waals surface area contributed by atoms with E-state index in [1.165, 1.54) is 56.0 Å². The van der Waals surface area contributed by atoms with Gasteiger partial charge in [0.05, 0.1) is 0 Å². The summed E-state index contributed by atoms with van der Waals surface area (Å²) in [5.74, 6) is 0. The first-order chi connectivity index (χ1) is 19.2. The van der Waals surface area contributed by atoms with Gasteiger partial charge in [-0.05, 0) is 47.3 Å². The van der Waals surface area contributed by atoms with E-state index >= 15 is 0 Å². The van der Waals surface area contributed by atoms with Crippen LogP contribution in [0, 0.1) is 11.5 Å². The number of rotatable bonds is 0. The first kappa shape index (κ1) is 33.4. The summed E-state index contributed by atoms with van der Waals surface area (Å²) in [5, 5.41) is 5.79. The molecule has 3 aliphatic carbocycles. The van der Waals surface area contributed by atoms with Gasteiger partial charge in [-0.3, -0.25) is 6.08 Å². The Morgan fingerprint density at radius 3 is 1.26 bits per heavy atom. The maximum atomic E-state index is 3.16. The van der Waals surface area contributed by atoms with Gasteiger partial charge in [-0.25, -0.2) is 6.08 Å². The minimum absolute atomic E-state index is 0.262. The molecule has 0 bridgehead atoms. The fourth-order valence-electron chi connectivity index (χ4n) is 7.05. The number of hydrogen-bond donors (Lipinski definition) is 0. The molecule has 0 fully saturated rings. The predicted molar refractivity (Wildman–Crippen MR) is 184 cm³/mol. The fourth-order valence-corrected chi connectivity index (χ4v) is 7.05. The summed E-state index contributed by atoms with van der Waals surface area (Å²) >= 11 is 1.55. The van der Waals surface area contributed by atoms with Crippen molar-refractivity contribution < 1.29 is 24.2 Å². The molecule has 0 N–H and O–H groups in total. The van der Waals surface area contributed by atoms with E-state index in [1.807, 2.05) is 0 Å². The van der Waals surface area contributed by atoms with Gasteiger partial charge in [0.15, 0.2) is 0 Å². The average molecular weight is 640 g/mol. The first-order valence-corrected chi connectivity index (χ1v) is 17.4. The maximum absolute atomic E-state index is 3.16. The molecule has 0 aliphatic heterocycles. The molecule has 0 aromatic heterocycles. The molecule has 3 aromatic rings. The summed E-state index contributed by atoms with van der Waals surface area (Å²) in [7, 11) is 0. The van der Waals surface area contributed by atoms with E-state index in [0.717, 1.165) is 6.42 Å². The Hall–Kier alpha value is -1.46. The van der Waals surface area contributed by atoms with Crippen LogP contribution in [0.1, 0.15) is 144 Å². The SMILES string of the molecule is CC(C)(C)C1=CC[C-]=C1.CC1(C)CCC(C)(C)c2cc3c(cc21)[cH-]c1cc2c(cc13)C(C)(C)CCC2(C)C.C[C](C)=[Zr+2]. The standard InChI is InChI=1S/C29H37.C9H13.C3H6.Zr/c1-26(2)9-11-28(5,6)24-16-20-18(14-22(24)26)13-19-15-23-25(17-21(19)20)29(7,8)12-10-27(23,3)4;1-9(2,3)8-6-4-5-7-8;1-3-2;/h13-17H,9-12H2,1-8H3;6-7H,4H2,1-3H3;1-2H3;/q2*-1;;+2. The third-order valence-electron chi connectivity index (χ3n) is 10.2. The second-order valence-corrected chi connectivity index (χ2v) is 19.6. The first-order valence-electron chi connectivity index (χ1n) is 16.2. The molecule has 3 aliphatic rings. The van der Waals surface area contributed by atoms with Gasteiger partial charge in [-0.1, -0.05) is 116 Å². The zero-order chi connectivity index (χ0) is 31.5. The molecule has 1 heteroatoms. The molecule has 3 aromatic carbocycles. The third kappa shape index (κ3) is 6.78. The summed E-state index contributed by atoms with van der Waals surface area (Å²) in [5.41, 5.74) is 9.10. The van der Waals surface area contributed by atoms with Gasteiger partial charge in [0, 0.05) is 0 Å². The van der Waals surface area contributed by atoms with E-state index < -0.39 is 0 Å². The fraction of sp³-hybridized carbons (Fsp3) is 0.561. The molecule has 0 spiro atoms. The van der Waals surface area contributed by atoms with Gasteiger partial charge in [0.25, 0.3) is 0 Å². The summed E-state index contributed by atoms with van der Waals surface area (Å²) < 4.78 is 1.51. The molecule has 224 valence electrons. The van der Waals surface area contributed by atoms with Crippen LogP contribution in [0.25, 0.3) is 21.5 Å². The van der Waals surface area contributed by atoms with Crippen LogP contribution < -0.4 is 0 Å². The second-order valence-electron chi connectivity index (χ2n) is 17.1. The van der Waals surface area contributed by atoms with E-state index in [1.54, 1.807) is 46.5 Å². The summed E-state index contributed by atoms with van der Waals surface area (Å²) in [6, 6.07) is 12.6. The number of hydrogen-bond acceptors (Lipinski definition) is 0. The van der Waals surface area contributed by atoms with Crippen molar-refractivity contribution in [2.45, 2.75) is 144 Å². The van der Waals surface area contributed by atoms with Crippen LogP contribution in [0.2, 0.25) is 0 Å². The minimum atomic E-state index is 0.262. The van der Waals surface area contributed by atoms with Gasteiger partial charge < -0.3 is 0 Å². The van der Waals surface area contributed by atoms with Crippen molar-refractivity contribution in [1.82, 2.24) is 0 Å². The van der Waals surface area contributed by atoms with Crippen LogP contribution in [0.5, 0.6) is 0 Å². The van der Waals surface area contributed by atoms with E-state index in [0.29, 0.717) is 5.41 Å². The normalized spacial score (nSPS) is 21.0. The Bertz CT molecular complexity index is 1460. The van der Waals surface area contributed by atoms with E-state index in [-0.39, 0.29) is 21.7 Å². The number of fused-ring (bicyclic) bond motifs is 5. The summed E-state index contributed by atoms with van der Waals surface area (Å²) in [4.78, 5) is 0. The van der Waals surface area contributed by atoms with Crippen molar-refractivity contribution in [3.8, 4) is 0 Å². The van der Waals surface area contributed by atoms with Crippen molar-refractivity contribution >= 4 is 24.8 Å². The van der Waals surface area contributed by atoms with Crippen molar-refractivity contribution in [3.63, 3.8) is 0 Å². The van der Waals surface area contributed by atoms with E-state index in [4.69, 9.17) is 0 Å². The molecule has 6 rings (SSSR count). The van der Waals surface area contributed by atoms with Gasteiger partial charge >= 0.3 is 41.3 Å². The third-order valence-corrected chi connectivity index (χ3v) is 10.2. The number of benzene rings is 2. The van der Waals surface area contributed by atoms with Crippen molar-refractivity contribution in [2.24, 2.45) is 5.41 Å². The second kappa shape index (κ2) is 11.5. The number of allylic oxidation sites excluding steroid dienone is 4. The van der Waals surface area contributed by atoms with Gasteiger partial charge in [-0.2, -0.15) is 11.6 Å². The van der Waals surface area contributed by atoms with E-state index in [9.17, 15) is 0 Å². The van der Waals surface area contributed by atoms with Crippen LogP contribution in [-0.2, 0) is 45.9 Å². The topological polar surface area (TPSA) is 0 Å². The van der Waals surface area contributed by atoms with Crippen LogP contribution in [0.15, 0.2) is 48.1 Å². The van der Waals surface area contributed by atoms with Gasteiger partial charge in [0.1, 0.15) is 0 Å². The predicted octanol–water partition coefficient (Wildman–Crippen LogP) is 11.9. The van der Waals surface area contributed by atoms with Crippen LogP contribution in [-0.4, -0.2) is 3.21 Å². The van der Waals surface area contributed by atoms with Gasteiger partial charge in [0.2, 0.25) is 0 Å². The zero-order valence-electron chi connectivity index (χ0n) is 29.1. The quantitative estimate of drug-likeness (QED) is 0.215. The molecule has 0 heterocycles. The Kier molecular flexibility index (Phi) is 9.14. The molecule has 0 amide bonds. The van der Waals surface area contributed by atoms with Crippen LogP contribution >= 0.6 is 0 Å². The average Bonchev–Trinajstić information content (AvgIpc) is 3.52. The van der Waals surface area contributed by atoms with Crippen LogP contribution in [0.3, 0.4) is 0 Å². The Balaban J connectivity index is 0.000000260. The zero-order valence-corrected chi connectivity index (χ0v) is 31.5. The molecule has 0 saturated carbocycles. The molecule has 0 saturated heterocycles. The summed E-state index contributed by atoms with van der Waals surface area (Å²) in [6.45, 7) is 30.4. The summed E-state index contributed by atoms with van der Waals surface area (Å²) in [6.07, 6.45) is 13.6. The van der Waals surface area contributed by atoms with Gasteiger partial charge in [-0.15, -0.1) is 46.2 Å². The molecule has 0 nitrogen and oxygen atoms in total. The monoisotopic (exact) mass is 638 g/mol. The Labute approximate surface area is 273 Å². The van der Waals surface area contributed by atoms with Crippen LogP contribution in [0.4, 0.5) is 0 Å². The molecular formula is C41H56Zr. The van der Waals surface area contributed by atoms with Crippen molar-refractivity contribution in [1.29, 1.82) is 0 Å². The Morgan fingerprint density at radius 2 is 1.00 bits per heavy atom. The molecule has 42 heavy (non-hydrogen) atoms. The molecule has 0 atom stereocenters. The van der Waals surface area contributed by atoms with Crippen molar-refractivity contribution in [3.05, 3.63) is 76.4 Å².